The Kier molecular flexibility index (Phi) is 5.26. The number of alkyl halides is 3. The van der Waals surface area contributed by atoms with Crippen molar-refractivity contribution in [3.8, 4) is 17.2 Å². The van der Waals surface area contributed by atoms with Gasteiger partial charge in [-0.15, -0.1) is 13.2 Å². The number of carbonyl (C=O) groups excluding carboxylic acids is 1. The zero-order chi connectivity index (χ0) is 21.5. The first-order chi connectivity index (χ1) is 14.3. The van der Waals surface area contributed by atoms with Crippen molar-refractivity contribution in [2.45, 2.75) is 37.6 Å². The number of rotatable bonds is 6. The van der Waals surface area contributed by atoms with E-state index in [2.05, 4.69) is 4.74 Å². The molecule has 0 heterocycles. The van der Waals surface area contributed by atoms with E-state index in [1.165, 1.54) is 19.2 Å². The van der Waals surface area contributed by atoms with E-state index in [4.69, 9.17) is 14.2 Å². The first-order valence-electron chi connectivity index (χ1n) is 9.60. The van der Waals surface area contributed by atoms with Gasteiger partial charge in [0.1, 0.15) is 23.4 Å². The first kappa shape index (κ1) is 20.4. The summed E-state index contributed by atoms with van der Waals surface area (Å²) in [5.74, 6) is 0.630. The van der Waals surface area contributed by atoms with Crippen LogP contribution < -0.4 is 14.2 Å². The summed E-state index contributed by atoms with van der Waals surface area (Å²) in [6, 6.07) is 10.0. The Balaban J connectivity index is 1.52. The van der Waals surface area contributed by atoms with Crippen LogP contribution in [0.2, 0.25) is 0 Å². The lowest BCUT2D eigenvalue weighted by molar-refractivity contribution is -0.274. The van der Waals surface area contributed by atoms with E-state index in [-0.39, 0.29) is 29.7 Å². The fourth-order valence-corrected chi connectivity index (χ4v) is 4.11. The van der Waals surface area contributed by atoms with Crippen molar-refractivity contribution in [2.24, 2.45) is 5.92 Å². The van der Waals surface area contributed by atoms with Crippen LogP contribution in [0.15, 0.2) is 36.4 Å². The number of methoxy groups -OCH3 is 2. The molecule has 0 N–H and O–H groups in total. The summed E-state index contributed by atoms with van der Waals surface area (Å²) in [5, 5.41) is 0. The number of hydrogen-bond acceptors (Lipinski definition) is 5. The van der Waals surface area contributed by atoms with Crippen LogP contribution in [0, 0.1) is 5.92 Å². The molecule has 2 aromatic rings. The second kappa shape index (κ2) is 7.74. The molecule has 2 aliphatic rings. The first-order valence-corrected chi connectivity index (χ1v) is 9.60. The quantitative estimate of drug-likeness (QED) is 0.618. The molecule has 5 nitrogen and oxygen atoms in total. The summed E-state index contributed by atoms with van der Waals surface area (Å²) >= 11 is 0. The maximum atomic E-state index is 12.6. The molecular weight excluding hydrogens is 401 g/mol. The number of esters is 1. The Morgan fingerprint density at radius 1 is 1.07 bits per heavy atom. The third kappa shape index (κ3) is 4.04. The number of hydrogen-bond donors (Lipinski definition) is 0. The van der Waals surface area contributed by atoms with Crippen LogP contribution in [0.25, 0.3) is 0 Å². The number of ether oxygens (including phenoxy) is 4. The smallest absolute Gasteiger partial charge is 0.496 e. The molecule has 4 rings (SSSR count). The van der Waals surface area contributed by atoms with Gasteiger partial charge < -0.3 is 18.9 Å². The molecule has 1 saturated carbocycles. The summed E-state index contributed by atoms with van der Waals surface area (Å²) in [5.41, 5.74) is 2.11. The molecular formula is C22H21F3O5. The summed E-state index contributed by atoms with van der Waals surface area (Å²) in [6.45, 7) is 0. The molecule has 3 unspecified atom stereocenters. The molecule has 0 bridgehead atoms. The van der Waals surface area contributed by atoms with Gasteiger partial charge in [0, 0.05) is 17.5 Å². The summed E-state index contributed by atoms with van der Waals surface area (Å²) in [4.78, 5) is 11.7. The maximum absolute atomic E-state index is 12.6. The highest BCUT2D eigenvalue weighted by Crippen LogP contribution is 2.51. The third-order valence-corrected chi connectivity index (χ3v) is 5.58. The molecule has 3 atom stereocenters. The average Bonchev–Trinajstić information content (AvgIpc) is 3.40. The maximum Gasteiger partial charge on any atom is 0.573 e. The second-order valence-electron chi connectivity index (χ2n) is 7.39. The highest BCUT2D eigenvalue weighted by molar-refractivity contribution is 5.77. The minimum atomic E-state index is -4.73. The zero-order valence-corrected chi connectivity index (χ0v) is 16.5. The third-order valence-electron chi connectivity index (χ3n) is 5.58. The van der Waals surface area contributed by atoms with Gasteiger partial charge >= 0.3 is 12.3 Å². The van der Waals surface area contributed by atoms with Crippen molar-refractivity contribution in [3.63, 3.8) is 0 Å². The van der Waals surface area contributed by atoms with E-state index < -0.39 is 6.36 Å². The molecule has 1 fully saturated rings. The van der Waals surface area contributed by atoms with Crippen molar-refractivity contribution >= 4 is 5.97 Å². The lowest BCUT2D eigenvalue weighted by Crippen LogP contribution is -2.18. The standard InChI is InChI=1S/C22H21F3O5/c1-27-20-10-12(6-7-15(20)16-11-17(16)21(26)28-2)29-18-9-8-14-13(18)4-3-5-19(14)30-22(23,24)25/h3-7,10,16-18H,8-9,11H2,1-2H3. The van der Waals surface area contributed by atoms with Crippen LogP contribution in [0.1, 0.15) is 41.6 Å². The molecule has 0 aromatic heterocycles. The molecule has 8 heteroatoms. The van der Waals surface area contributed by atoms with Gasteiger partial charge in [0.15, 0.2) is 0 Å². The molecule has 30 heavy (non-hydrogen) atoms. The highest BCUT2D eigenvalue weighted by atomic mass is 19.4. The van der Waals surface area contributed by atoms with E-state index in [9.17, 15) is 18.0 Å². The minimum absolute atomic E-state index is 0.0516. The van der Waals surface area contributed by atoms with Gasteiger partial charge in [-0.25, -0.2) is 0 Å². The van der Waals surface area contributed by atoms with E-state index in [0.29, 0.717) is 41.9 Å². The van der Waals surface area contributed by atoms with Gasteiger partial charge in [-0.2, -0.15) is 0 Å². The van der Waals surface area contributed by atoms with E-state index in [1.807, 2.05) is 6.07 Å². The predicted molar refractivity (Wildman–Crippen MR) is 101 cm³/mol. The normalized spacial score (nSPS) is 22.2. The van der Waals surface area contributed by atoms with Crippen molar-refractivity contribution in [2.75, 3.05) is 14.2 Å². The largest absolute Gasteiger partial charge is 0.573 e. The lowest BCUT2D eigenvalue weighted by Gasteiger charge is -2.18. The van der Waals surface area contributed by atoms with Crippen LogP contribution in [-0.2, 0) is 16.0 Å². The summed E-state index contributed by atoms with van der Waals surface area (Å²) in [6.07, 6.45) is -3.42. The van der Waals surface area contributed by atoms with E-state index >= 15 is 0 Å². The van der Waals surface area contributed by atoms with Gasteiger partial charge in [0.2, 0.25) is 0 Å². The SMILES string of the molecule is COC(=O)C1CC1c1ccc(OC2CCc3c(OC(F)(F)F)cccc32)cc1OC. The van der Waals surface area contributed by atoms with Crippen LogP contribution >= 0.6 is 0 Å². The zero-order valence-electron chi connectivity index (χ0n) is 16.5. The fraction of sp³-hybridized carbons (Fsp3) is 0.409. The molecule has 0 spiro atoms. The Bertz CT molecular complexity index is 956. The van der Waals surface area contributed by atoms with E-state index in [1.54, 1.807) is 25.3 Å². The molecule has 0 radical (unpaired) electrons. The Morgan fingerprint density at radius 2 is 1.87 bits per heavy atom. The minimum Gasteiger partial charge on any atom is -0.496 e. The van der Waals surface area contributed by atoms with Crippen molar-refractivity contribution in [1.82, 2.24) is 0 Å². The molecule has 160 valence electrons. The van der Waals surface area contributed by atoms with Crippen LogP contribution in [0.3, 0.4) is 0 Å². The molecule has 0 saturated heterocycles. The number of halogens is 3. The van der Waals surface area contributed by atoms with Crippen molar-refractivity contribution in [3.05, 3.63) is 53.1 Å². The van der Waals surface area contributed by atoms with Gasteiger partial charge in [0.25, 0.3) is 0 Å². The van der Waals surface area contributed by atoms with Gasteiger partial charge in [-0.1, -0.05) is 18.2 Å². The average molecular weight is 422 g/mol. The summed E-state index contributed by atoms with van der Waals surface area (Å²) in [7, 11) is 2.92. The number of benzene rings is 2. The highest BCUT2D eigenvalue weighted by Gasteiger charge is 2.46. The van der Waals surface area contributed by atoms with E-state index in [0.717, 1.165) is 5.56 Å². The number of fused-ring (bicyclic) bond motifs is 1. The fourth-order valence-electron chi connectivity index (χ4n) is 4.11. The molecule has 2 aromatic carbocycles. The Morgan fingerprint density at radius 3 is 2.57 bits per heavy atom. The van der Waals surface area contributed by atoms with Gasteiger partial charge in [-0.05, 0) is 42.5 Å². The molecule has 2 aliphatic carbocycles. The Hall–Kier alpha value is -2.90. The van der Waals surface area contributed by atoms with Crippen molar-refractivity contribution in [1.29, 1.82) is 0 Å². The lowest BCUT2D eigenvalue weighted by atomic mass is 10.1. The number of carbonyl (C=O) groups is 1. The van der Waals surface area contributed by atoms with Crippen LogP contribution in [0.5, 0.6) is 17.2 Å². The monoisotopic (exact) mass is 422 g/mol. The van der Waals surface area contributed by atoms with Gasteiger partial charge in [-0.3, -0.25) is 4.79 Å². The second-order valence-corrected chi connectivity index (χ2v) is 7.39. The Labute approximate surface area is 171 Å². The topological polar surface area (TPSA) is 54.0 Å². The van der Waals surface area contributed by atoms with Crippen LogP contribution in [0.4, 0.5) is 13.2 Å². The summed E-state index contributed by atoms with van der Waals surface area (Å²) < 4.78 is 58.5. The molecule has 0 aliphatic heterocycles. The van der Waals surface area contributed by atoms with Crippen molar-refractivity contribution < 1.29 is 36.9 Å². The molecule has 0 amide bonds. The predicted octanol–water partition coefficient (Wildman–Crippen LogP) is 4.94. The van der Waals surface area contributed by atoms with Crippen LogP contribution in [-0.4, -0.2) is 26.6 Å². The van der Waals surface area contributed by atoms with Gasteiger partial charge in [0.05, 0.1) is 20.1 Å².